The van der Waals surface area contributed by atoms with Gasteiger partial charge >= 0.3 is 0 Å². The van der Waals surface area contributed by atoms with Gasteiger partial charge in [-0.25, -0.2) is 8.78 Å². The molecule has 21 heavy (non-hydrogen) atoms. The topological polar surface area (TPSA) is 20.7 Å². The fraction of sp³-hybridized carbons (Fsp3) is 0.188. The zero-order chi connectivity index (χ0) is 15.0. The van der Waals surface area contributed by atoms with Gasteiger partial charge in [-0.3, -0.25) is 0 Å². The van der Waals surface area contributed by atoms with Crippen molar-refractivity contribution in [2.24, 2.45) is 0 Å². The Morgan fingerprint density at radius 1 is 1.10 bits per heavy atom. The molecule has 0 aliphatic heterocycles. The van der Waals surface area contributed by atoms with E-state index < -0.39 is 11.6 Å². The largest absolute Gasteiger partial charge is 0.328 e. The van der Waals surface area contributed by atoms with Crippen molar-refractivity contribution in [3.63, 3.8) is 0 Å². The van der Waals surface area contributed by atoms with Crippen LogP contribution in [0.2, 0.25) is 0 Å². The van der Waals surface area contributed by atoms with E-state index in [1.54, 1.807) is 4.57 Å². The van der Waals surface area contributed by atoms with Gasteiger partial charge in [0.15, 0.2) is 10.6 Å². The number of nitrogens with zero attached hydrogens (tertiary/aromatic N) is 1. The molecule has 5 heteroatoms. The molecule has 2 nitrogen and oxygen atoms in total. The molecule has 0 amide bonds. The number of benzene rings is 2. The van der Waals surface area contributed by atoms with Crippen LogP contribution in [0.15, 0.2) is 36.4 Å². The van der Waals surface area contributed by atoms with Crippen molar-refractivity contribution >= 4 is 23.3 Å². The van der Waals surface area contributed by atoms with Crippen molar-refractivity contribution in [3.05, 3.63) is 63.9 Å². The Hall–Kier alpha value is -2.01. The summed E-state index contributed by atoms with van der Waals surface area (Å²) in [6.45, 7) is 2.57. The summed E-state index contributed by atoms with van der Waals surface area (Å²) in [5.41, 5.74) is 2.97. The number of H-pyrrole nitrogens is 1. The first-order valence-corrected chi connectivity index (χ1v) is 7.14. The van der Waals surface area contributed by atoms with Crippen molar-refractivity contribution < 1.29 is 8.78 Å². The minimum Gasteiger partial charge on any atom is -0.328 e. The molecule has 108 valence electrons. The van der Waals surface area contributed by atoms with Crippen LogP contribution in [0.4, 0.5) is 8.78 Å². The van der Waals surface area contributed by atoms with Crippen molar-refractivity contribution in [2.45, 2.75) is 19.9 Å². The van der Waals surface area contributed by atoms with Crippen molar-refractivity contribution in [1.82, 2.24) is 9.55 Å². The fourth-order valence-electron chi connectivity index (χ4n) is 2.40. The molecule has 0 aliphatic carbocycles. The van der Waals surface area contributed by atoms with Gasteiger partial charge in [0.25, 0.3) is 0 Å². The van der Waals surface area contributed by atoms with E-state index >= 15 is 0 Å². The Morgan fingerprint density at radius 3 is 2.43 bits per heavy atom. The molecule has 1 N–H and O–H groups in total. The van der Waals surface area contributed by atoms with Gasteiger partial charge in [0.2, 0.25) is 0 Å². The Bertz CT molecular complexity index is 847. The Labute approximate surface area is 126 Å². The van der Waals surface area contributed by atoms with E-state index in [1.807, 2.05) is 12.1 Å². The molecular weight excluding hydrogens is 290 g/mol. The Kier molecular flexibility index (Phi) is 3.59. The average molecular weight is 304 g/mol. The number of aromatic amines is 1. The van der Waals surface area contributed by atoms with E-state index in [1.165, 1.54) is 11.6 Å². The normalized spacial score (nSPS) is 11.2. The van der Waals surface area contributed by atoms with Crippen molar-refractivity contribution in [2.75, 3.05) is 0 Å². The molecule has 1 heterocycles. The molecule has 1 aromatic heterocycles. The van der Waals surface area contributed by atoms with Gasteiger partial charge in [0.1, 0.15) is 11.3 Å². The summed E-state index contributed by atoms with van der Waals surface area (Å²) >= 11 is 5.22. The van der Waals surface area contributed by atoms with E-state index in [2.05, 4.69) is 24.0 Å². The van der Waals surface area contributed by atoms with Crippen LogP contribution in [0.1, 0.15) is 18.1 Å². The fourth-order valence-corrected chi connectivity index (χ4v) is 2.67. The molecule has 0 unspecified atom stereocenters. The third-order valence-corrected chi connectivity index (χ3v) is 3.90. The number of nitrogens with one attached hydrogen (secondary N) is 1. The van der Waals surface area contributed by atoms with E-state index in [-0.39, 0.29) is 5.52 Å². The number of fused-ring (bicyclic) bond motifs is 1. The lowest BCUT2D eigenvalue weighted by Gasteiger charge is -2.06. The van der Waals surface area contributed by atoms with Crippen LogP contribution in [0.5, 0.6) is 0 Å². The molecule has 3 rings (SSSR count). The summed E-state index contributed by atoms with van der Waals surface area (Å²) in [4.78, 5) is 2.80. The summed E-state index contributed by atoms with van der Waals surface area (Å²) in [5, 5.41) is 0. The Morgan fingerprint density at radius 2 is 1.76 bits per heavy atom. The zero-order valence-electron chi connectivity index (χ0n) is 11.5. The van der Waals surface area contributed by atoms with Gasteiger partial charge < -0.3 is 9.55 Å². The van der Waals surface area contributed by atoms with E-state index in [9.17, 15) is 8.78 Å². The maximum Gasteiger partial charge on any atom is 0.178 e. The lowest BCUT2D eigenvalue weighted by molar-refractivity contribution is 0.590. The highest BCUT2D eigenvalue weighted by atomic mass is 32.1. The second-order valence-electron chi connectivity index (χ2n) is 4.97. The maximum atomic E-state index is 13.7. The van der Waals surface area contributed by atoms with Gasteiger partial charge in [-0.15, -0.1) is 0 Å². The number of halogens is 2. The van der Waals surface area contributed by atoms with Crippen LogP contribution in [0.25, 0.3) is 11.0 Å². The lowest BCUT2D eigenvalue weighted by atomic mass is 10.1. The van der Waals surface area contributed by atoms with Gasteiger partial charge in [-0.2, -0.15) is 0 Å². The molecule has 0 saturated carbocycles. The van der Waals surface area contributed by atoms with Crippen LogP contribution in [-0.2, 0) is 13.0 Å². The number of rotatable bonds is 3. The van der Waals surface area contributed by atoms with Crippen LogP contribution in [0, 0.1) is 16.4 Å². The van der Waals surface area contributed by atoms with Crippen LogP contribution >= 0.6 is 12.2 Å². The van der Waals surface area contributed by atoms with Crippen molar-refractivity contribution in [1.29, 1.82) is 0 Å². The lowest BCUT2D eigenvalue weighted by Crippen LogP contribution is -2.00. The third kappa shape index (κ3) is 2.61. The predicted octanol–water partition coefficient (Wildman–Crippen LogP) is 4.59. The SMILES string of the molecule is CCc1ccc(Cn2c(=S)[nH]c3c(F)cc(F)cc32)cc1. The summed E-state index contributed by atoms with van der Waals surface area (Å²) in [5.74, 6) is -1.24. The van der Waals surface area contributed by atoms with Crippen LogP contribution < -0.4 is 0 Å². The third-order valence-electron chi connectivity index (χ3n) is 3.57. The van der Waals surface area contributed by atoms with Crippen LogP contribution in [0.3, 0.4) is 0 Å². The second kappa shape index (κ2) is 5.41. The molecule has 3 aromatic rings. The Balaban J connectivity index is 2.07. The minimum absolute atomic E-state index is 0.242. The number of aromatic nitrogens is 2. The molecular formula is C16H14F2N2S. The first-order chi connectivity index (χ1) is 10.1. The number of hydrogen-bond acceptors (Lipinski definition) is 1. The summed E-state index contributed by atoms with van der Waals surface area (Å²) in [6, 6.07) is 10.3. The minimum atomic E-state index is -0.629. The molecule has 0 radical (unpaired) electrons. The van der Waals surface area contributed by atoms with E-state index in [0.717, 1.165) is 18.1 Å². The molecule has 0 bridgehead atoms. The summed E-state index contributed by atoms with van der Waals surface area (Å²) in [7, 11) is 0. The number of imidazole rings is 1. The second-order valence-corrected chi connectivity index (χ2v) is 5.35. The molecule has 2 aromatic carbocycles. The molecule has 0 fully saturated rings. The van der Waals surface area contributed by atoms with Crippen LogP contribution in [-0.4, -0.2) is 9.55 Å². The molecule has 0 spiro atoms. The summed E-state index contributed by atoms with van der Waals surface area (Å²) < 4.78 is 29.3. The average Bonchev–Trinajstić information content (AvgIpc) is 2.77. The zero-order valence-corrected chi connectivity index (χ0v) is 12.3. The highest BCUT2D eigenvalue weighted by Gasteiger charge is 2.11. The highest BCUT2D eigenvalue weighted by Crippen LogP contribution is 2.20. The maximum absolute atomic E-state index is 13.7. The van der Waals surface area contributed by atoms with Gasteiger partial charge in [-0.1, -0.05) is 31.2 Å². The number of aryl methyl sites for hydroxylation is 1. The van der Waals surface area contributed by atoms with Gasteiger partial charge in [0, 0.05) is 6.07 Å². The van der Waals surface area contributed by atoms with Gasteiger partial charge in [-0.05, 0) is 35.8 Å². The van der Waals surface area contributed by atoms with Crippen molar-refractivity contribution in [3.8, 4) is 0 Å². The highest BCUT2D eigenvalue weighted by molar-refractivity contribution is 7.71. The molecule has 0 aliphatic rings. The predicted molar refractivity (Wildman–Crippen MR) is 82.0 cm³/mol. The number of hydrogen-bond donors (Lipinski definition) is 1. The standard InChI is InChI=1S/C16H14F2N2S/c1-2-10-3-5-11(6-4-10)9-20-14-8-12(17)7-13(18)15(14)19-16(20)21/h3-8H,2,9H2,1H3,(H,19,21). The van der Waals surface area contributed by atoms with E-state index in [4.69, 9.17) is 12.2 Å². The first kappa shape index (κ1) is 13.9. The molecule has 0 saturated heterocycles. The summed E-state index contributed by atoms with van der Waals surface area (Å²) in [6.07, 6.45) is 0.975. The van der Waals surface area contributed by atoms with E-state index in [0.29, 0.717) is 16.8 Å². The van der Waals surface area contributed by atoms with Gasteiger partial charge in [0.05, 0.1) is 12.1 Å². The smallest absolute Gasteiger partial charge is 0.178 e. The quantitative estimate of drug-likeness (QED) is 0.702. The first-order valence-electron chi connectivity index (χ1n) is 6.74. The molecule has 0 atom stereocenters. The monoisotopic (exact) mass is 304 g/mol.